The minimum Gasteiger partial charge on any atom is -0.331 e. The quantitative estimate of drug-likeness (QED) is 0.771. The second-order valence-electron chi connectivity index (χ2n) is 5.48. The van der Waals surface area contributed by atoms with Gasteiger partial charge in [0.25, 0.3) is 0 Å². The molecule has 0 spiro atoms. The highest BCUT2D eigenvalue weighted by Crippen LogP contribution is 2.23. The normalized spacial score (nSPS) is 26.2. The molecule has 0 aromatic rings. The Balaban J connectivity index is 2.00. The van der Waals surface area contributed by atoms with Gasteiger partial charge in [-0.2, -0.15) is 0 Å². The van der Waals surface area contributed by atoms with E-state index >= 15 is 0 Å². The summed E-state index contributed by atoms with van der Waals surface area (Å²) in [5.41, 5.74) is 0. The molecular formula is C13H23N3O2. The molecular weight excluding hydrogens is 230 g/mol. The summed E-state index contributed by atoms with van der Waals surface area (Å²) in [6, 6.07) is -0.179. The van der Waals surface area contributed by atoms with E-state index in [1.165, 1.54) is 0 Å². The molecule has 0 radical (unpaired) electrons. The Morgan fingerprint density at radius 3 is 2.89 bits per heavy atom. The summed E-state index contributed by atoms with van der Waals surface area (Å²) in [6.07, 6.45) is 2.92. The van der Waals surface area contributed by atoms with Crippen LogP contribution >= 0.6 is 0 Å². The molecule has 0 aliphatic carbocycles. The predicted octanol–water partition coefficient (Wildman–Crippen LogP) is 0.0652. The lowest BCUT2D eigenvalue weighted by Gasteiger charge is -2.43. The van der Waals surface area contributed by atoms with Crippen LogP contribution in [0.1, 0.15) is 26.2 Å². The van der Waals surface area contributed by atoms with Crippen molar-refractivity contribution in [1.82, 2.24) is 15.1 Å². The molecule has 102 valence electrons. The lowest BCUT2D eigenvalue weighted by molar-refractivity contribution is -0.158. The molecule has 2 aliphatic heterocycles. The number of rotatable bonds is 4. The van der Waals surface area contributed by atoms with E-state index in [0.29, 0.717) is 12.5 Å². The molecule has 1 N–H and O–H groups in total. The lowest BCUT2D eigenvalue weighted by Crippen LogP contribution is -2.61. The average Bonchev–Trinajstić information content (AvgIpc) is 2.36. The molecule has 2 unspecified atom stereocenters. The standard InChI is InChI=1S/C13H23N3O2/c1-10(7-14-2)8-15-9-12(17)16-6-4-3-5-11(16)13(15)18/h10-11,14H,3-9H2,1-2H3. The van der Waals surface area contributed by atoms with Crippen molar-refractivity contribution in [2.24, 2.45) is 5.92 Å². The van der Waals surface area contributed by atoms with Gasteiger partial charge in [0.1, 0.15) is 6.04 Å². The van der Waals surface area contributed by atoms with Crippen molar-refractivity contribution < 1.29 is 9.59 Å². The number of nitrogens with zero attached hydrogens (tertiary/aromatic N) is 2. The summed E-state index contributed by atoms with van der Waals surface area (Å²) in [5, 5.41) is 3.11. The Morgan fingerprint density at radius 1 is 1.39 bits per heavy atom. The summed E-state index contributed by atoms with van der Waals surface area (Å²) >= 11 is 0. The van der Waals surface area contributed by atoms with Gasteiger partial charge >= 0.3 is 0 Å². The first-order valence-corrected chi connectivity index (χ1v) is 6.86. The van der Waals surface area contributed by atoms with Crippen LogP contribution in [0.2, 0.25) is 0 Å². The zero-order valence-corrected chi connectivity index (χ0v) is 11.3. The van der Waals surface area contributed by atoms with Gasteiger partial charge in [-0.25, -0.2) is 0 Å². The van der Waals surface area contributed by atoms with Gasteiger partial charge in [0.05, 0.1) is 6.54 Å². The Morgan fingerprint density at radius 2 is 2.17 bits per heavy atom. The van der Waals surface area contributed by atoms with Crippen LogP contribution in [0.25, 0.3) is 0 Å². The monoisotopic (exact) mass is 253 g/mol. The van der Waals surface area contributed by atoms with Gasteiger partial charge in [-0.1, -0.05) is 6.92 Å². The van der Waals surface area contributed by atoms with Crippen LogP contribution in [0.5, 0.6) is 0 Å². The molecule has 0 saturated carbocycles. The number of amides is 2. The number of piperidine rings is 1. The molecule has 5 heteroatoms. The van der Waals surface area contributed by atoms with Crippen molar-refractivity contribution in [2.45, 2.75) is 32.2 Å². The highest BCUT2D eigenvalue weighted by atomic mass is 16.2. The molecule has 2 fully saturated rings. The molecule has 2 amide bonds. The smallest absolute Gasteiger partial charge is 0.245 e. The number of fused-ring (bicyclic) bond motifs is 1. The van der Waals surface area contributed by atoms with Crippen LogP contribution in [0.3, 0.4) is 0 Å². The Bertz CT molecular complexity index is 332. The third-order valence-electron chi connectivity index (χ3n) is 3.83. The molecule has 2 rings (SSSR count). The summed E-state index contributed by atoms with van der Waals surface area (Å²) in [4.78, 5) is 27.9. The summed E-state index contributed by atoms with van der Waals surface area (Å²) in [5.74, 6) is 0.648. The first-order chi connectivity index (χ1) is 8.63. The fraction of sp³-hybridized carbons (Fsp3) is 0.846. The number of hydrogen-bond donors (Lipinski definition) is 1. The van der Waals surface area contributed by atoms with Crippen molar-refractivity contribution >= 4 is 11.8 Å². The summed E-state index contributed by atoms with van der Waals surface area (Å²) < 4.78 is 0. The van der Waals surface area contributed by atoms with E-state index in [0.717, 1.165) is 32.4 Å². The summed E-state index contributed by atoms with van der Waals surface area (Å²) in [7, 11) is 1.91. The fourth-order valence-corrected chi connectivity index (χ4v) is 2.97. The zero-order valence-electron chi connectivity index (χ0n) is 11.3. The van der Waals surface area contributed by atoms with E-state index in [4.69, 9.17) is 0 Å². The first-order valence-electron chi connectivity index (χ1n) is 6.86. The highest BCUT2D eigenvalue weighted by molar-refractivity contribution is 5.95. The Hall–Kier alpha value is -1.10. The predicted molar refractivity (Wildman–Crippen MR) is 69.0 cm³/mol. The average molecular weight is 253 g/mol. The highest BCUT2D eigenvalue weighted by Gasteiger charge is 2.40. The van der Waals surface area contributed by atoms with Crippen molar-refractivity contribution in [2.75, 3.05) is 33.2 Å². The van der Waals surface area contributed by atoms with E-state index < -0.39 is 0 Å². The van der Waals surface area contributed by atoms with Crippen LogP contribution in [0.15, 0.2) is 0 Å². The summed E-state index contributed by atoms with van der Waals surface area (Å²) in [6.45, 7) is 4.67. The van der Waals surface area contributed by atoms with Crippen LogP contribution in [-0.4, -0.2) is 60.9 Å². The minimum absolute atomic E-state index is 0.121. The molecule has 0 bridgehead atoms. The number of hydrogen-bond acceptors (Lipinski definition) is 3. The van der Waals surface area contributed by atoms with Gasteiger partial charge in [0.15, 0.2) is 0 Å². The van der Waals surface area contributed by atoms with E-state index in [1.807, 2.05) is 7.05 Å². The zero-order chi connectivity index (χ0) is 13.1. The van der Waals surface area contributed by atoms with Crippen molar-refractivity contribution in [1.29, 1.82) is 0 Å². The topological polar surface area (TPSA) is 52.7 Å². The van der Waals surface area contributed by atoms with Crippen molar-refractivity contribution in [3.63, 3.8) is 0 Å². The molecule has 2 atom stereocenters. The van der Waals surface area contributed by atoms with Crippen molar-refractivity contribution in [3.8, 4) is 0 Å². The van der Waals surface area contributed by atoms with Gasteiger partial charge in [0, 0.05) is 13.1 Å². The maximum absolute atomic E-state index is 12.4. The van der Waals surface area contributed by atoms with Gasteiger partial charge in [0.2, 0.25) is 11.8 Å². The second-order valence-corrected chi connectivity index (χ2v) is 5.48. The van der Waals surface area contributed by atoms with Crippen LogP contribution in [0, 0.1) is 5.92 Å². The molecule has 5 nitrogen and oxygen atoms in total. The maximum Gasteiger partial charge on any atom is 0.245 e. The molecule has 0 aromatic heterocycles. The van der Waals surface area contributed by atoms with Gasteiger partial charge in [-0.3, -0.25) is 9.59 Å². The van der Waals surface area contributed by atoms with Gasteiger partial charge in [-0.05, 0) is 38.8 Å². The third kappa shape index (κ3) is 2.66. The van der Waals surface area contributed by atoms with E-state index in [-0.39, 0.29) is 24.4 Å². The van der Waals surface area contributed by atoms with E-state index in [1.54, 1.807) is 9.80 Å². The molecule has 18 heavy (non-hydrogen) atoms. The first kappa shape index (κ1) is 13.3. The molecule has 2 heterocycles. The van der Waals surface area contributed by atoms with E-state index in [2.05, 4.69) is 12.2 Å². The number of piperazine rings is 1. The largest absolute Gasteiger partial charge is 0.331 e. The fourth-order valence-electron chi connectivity index (χ4n) is 2.97. The number of carbonyl (C=O) groups is 2. The number of carbonyl (C=O) groups excluding carboxylic acids is 2. The third-order valence-corrected chi connectivity index (χ3v) is 3.83. The van der Waals surface area contributed by atoms with E-state index in [9.17, 15) is 9.59 Å². The van der Waals surface area contributed by atoms with Crippen LogP contribution in [0.4, 0.5) is 0 Å². The molecule has 0 aromatic carbocycles. The Kier molecular flexibility index (Phi) is 4.22. The Labute approximate surface area is 108 Å². The SMILES string of the molecule is CNCC(C)CN1CC(=O)N2CCCCC2C1=O. The van der Waals surface area contributed by atoms with Crippen LogP contribution in [-0.2, 0) is 9.59 Å². The van der Waals surface area contributed by atoms with Crippen LogP contribution < -0.4 is 5.32 Å². The lowest BCUT2D eigenvalue weighted by atomic mass is 9.97. The molecule has 2 saturated heterocycles. The molecule has 2 aliphatic rings. The van der Waals surface area contributed by atoms with Gasteiger partial charge in [-0.15, -0.1) is 0 Å². The second kappa shape index (κ2) is 5.69. The van der Waals surface area contributed by atoms with Crippen molar-refractivity contribution in [3.05, 3.63) is 0 Å². The minimum atomic E-state index is -0.179. The number of nitrogens with one attached hydrogen (secondary N) is 1. The maximum atomic E-state index is 12.4. The van der Waals surface area contributed by atoms with Gasteiger partial charge < -0.3 is 15.1 Å².